The van der Waals surface area contributed by atoms with Gasteiger partial charge in [-0.1, -0.05) is 20.3 Å². The van der Waals surface area contributed by atoms with Gasteiger partial charge in [0, 0.05) is 0 Å². The van der Waals surface area contributed by atoms with E-state index in [9.17, 15) is 4.79 Å². The van der Waals surface area contributed by atoms with Crippen LogP contribution in [-0.4, -0.2) is 24.7 Å². The number of piperidine rings is 1. The lowest BCUT2D eigenvalue weighted by Crippen LogP contribution is -2.42. The van der Waals surface area contributed by atoms with Crippen LogP contribution in [0.4, 0.5) is 0 Å². The molecule has 0 bridgehead atoms. The van der Waals surface area contributed by atoms with Gasteiger partial charge in [-0.25, -0.2) is 0 Å². The van der Waals surface area contributed by atoms with Crippen LogP contribution in [0.25, 0.3) is 0 Å². The summed E-state index contributed by atoms with van der Waals surface area (Å²) in [6.45, 7) is 7.01. The molecule has 3 heteroatoms. The highest BCUT2D eigenvalue weighted by Gasteiger charge is 2.24. The van der Waals surface area contributed by atoms with Crippen LogP contribution in [0.3, 0.4) is 0 Å². The largest absolute Gasteiger partial charge is 0.461 e. The average molecular weight is 199 g/mol. The van der Waals surface area contributed by atoms with Gasteiger partial charge in [0.1, 0.15) is 12.1 Å². The molecule has 1 saturated heterocycles. The molecule has 1 rings (SSSR count). The van der Waals surface area contributed by atoms with E-state index < -0.39 is 0 Å². The van der Waals surface area contributed by atoms with Crippen molar-refractivity contribution in [2.24, 2.45) is 5.92 Å². The van der Waals surface area contributed by atoms with Gasteiger partial charge in [-0.05, 0) is 32.2 Å². The Morgan fingerprint density at radius 3 is 2.57 bits per heavy atom. The smallest absolute Gasteiger partial charge is 0.323 e. The molecule has 0 aromatic carbocycles. The Balaban J connectivity index is 2.33. The fourth-order valence-electron chi connectivity index (χ4n) is 1.45. The van der Waals surface area contributed by atoms with E-state index in [0.29, 0.717) is 5.92 Å². The van der Waals surface area contributed by atoms with Gasteiger partial charge in [0.05, 0.1) is 0 Å². The molecule has 0 spiro atoms. The van der Waals surface area contributed by atoms with E-state index in [2.05, 4.69) is 19.2 Å². The van der Waals surface area contributed by atoms with E-state index in [1.165, 1.54) is 6.42 Å². The first-order valence-electron chi connectivity index (χ1n) is 5.55. The number of rotatable bonds is 3. The van der Waals surface area contributed by atoms with Crippen molar-refractivity contribution in [1.29, 1.82) is 0 Å². The van der Waals surface area contributed by atoms with Crippen molar-refractivity contribution >= 4 is 5.97 Å². The minimum atomic E-state index is -0.0779. The Labute approximate surface area is 86.2 Å². The third-order valence-electron chi connectivity index (χ3n) is 2.84. The lowest BCUT2D eigenvalue weighted by atomic mass is 10.0. The van der Waals surface area contributed by atoms with Crippen molar-refractivity contribution in [3.8, 4) is 0 Å². The molecule has 0 aliphatic carbocycles. The van der Waals surface area contributed by atoms with E-state index in [1.54, 1.807) is 0 Å². The summed E-state index contributed by atoms with van der Waals surface area (Å²) in [6.07, 6.45) is 3.24. The van der Waals surface area contributed by atoms with Gasteiger partial charge >= 0.3 is 5.97 Å². The maximum Gasteiger partial charge on any atom is 0.323 e. The first-order chi connectivity index (χ1) is 6.61. The average Bonchev–Trinajstić information content (AvgIpc) is 2.19. The zero-order valence-corrected chi connectivity index (χ0v) is 9.38. The molecule has 0 saturated carbocycles. The Kier molecular flexibility index (Phi) is 4.39. The Morgan fingerprint density at radius 1 is 1.36 bits per heavy atom. The van der Waals surface area contributed by atoms with Crippen LogP contribution in [0.15, 0.2) is 0 Å². The second kappa shape index (κ2) is 5.35. The van der Waals surface area contributed by atoms with E-state index in [1.807, 2.05) is 6.92 Å². The number of ether oxygens (including phenoxy) is 1. The standard InChI is InChI=1S/C11H21NO2/c1-8(2)9(3)14-11(13)10-6-4-5-7-12-10/h8-10,12H,4-7H2,1-3H3. The fourth-order valence-corrected chi connectivity index (χ4v) is 1.45. The maximum atomic E-state index is 11.6. The summed E-state index contributed by atoms with van der Waals surface area (Å²) in [4.78, 5) is 11.6. The van der Waals surface area contributed by atoms with E-state index >= 15 is 0 Å². The quantitative estimate of drug-likeness (QED) is 0.703. The number of carbonyl (C=O) groups excluding carboxylic acids is 1. The van der Waals surface area contributed by atoms with Crippen LogP contribution in [0.5, 0.6) is 0 Å². The van der Waals surface area contributed by atoms with Gasteiger partial charge in [-0.2, -0.15) is 0 Å². The van der Waals surface area contributed by atoms with Gasteiger partial charge in [-0.15, -0.1) is 0 Å². The van der Waals surface area contributed by atoms with E-state index in [4.69, 9.17) is 4.74 Å². The lowest BCUT2D eigenvalue weighted by Gasteiger charge is -2.24. The summed E-state index contributed by atoms with van der Waals surface area (Å²) < 4.78 is 5.35. The van der Waals surface area contributed by atoms with E-state index in [-0.39, 0.29) is 18.1 Å². The molecular formula is C11H21NO2. The second-order valence-corrected chi connectivity index (χ2v) is 4.39. The fraction of sp³-hybridized carbons (Fsp3) is 0.909. The number of hydrogen-bond acceptors (Lipinski definition) is 3. The topological polar surface area (TPSA) is 38.3 Å². The van der Waals surface area contributed by atoms with Crippen molar-refractivity contribution in [3.05, 3.63) is 0 Å². The first kappa shape index (κ1) is 11.5. The van der Waals surface area contributed by atoms with Gasteiger partial charge < -0.3 is 10.1 Å². The molecule has 14 heavy (non-hydrogen) atoms. The second-order valence-electron chi connectivity index (χ2n) is 4.39. The Bertz CT molecular complexity index is 186. The van der Waals surface area contributed by atoms with Crippen molar-refractivity contribution in [2.75, 3.05) is 6.54 Å². The molecule has 0 amide bonds. The van der Waals surface area contributed by atoms with Crippen LogP contribution < -0.4 is 5.32 Å². The molecule has 82 valence electrons. The molecule has 2 atom stereocenters. The molecule has 0 aromatic rings. The van der Waals surface area contributed by atoms with Crippen molar-refractivity contribution in [2.45, 2.75) is 52.2 Å². The highest BCUT2D eigenvalue weighted by molar-refractivity contribution is 5.76. The molecule has 0 radical (unpaired) electrons. The van der Waals surface area contributed by atoms with Gasteiger partial charge in [0.15, 0.2) is 0 Å². The highest BCUT2D eigenvalue weighted by atomic mass is 16.5. The minimum absolute atomic E-state index is 0.0197. The zero-order chi connectivity index (χ0) is 10.6. The van der Waals surface area contributed by atoms with Gasteiger partial charge in [-0.3, -0.25) is 4.79 Å². The summed E-state index contributed by atoms with van der Waals surface area (Å²) in [5.41, 5.74) is 0. The summed E-state index contributed by atoms with van der Waals surface area (Å²) in [5, 5.41) is 3.19. The maximum absolute atomic E-state index is 11.6. The van der Waals surface area contributed by atoms with Gasteiger partial charge in [0.2, 0.25) is 0 Å². The first-order valence-corrected chi connectivity index (χ1v) is 5.55. The van der Waals surface area contributed by atoms with Crippen LogP contribution in [0.2, 0.25) is 0 Å². The zero-order valence-electron chi connectivity index (χ0n) is 9.38. The summed E-state index contributed by atoms with van der Waals surface area (Å²) in [6, 6.07) is -0.0649. The monoisotopic (exact) mass is 199 g/mol. The van der Waals surface area contributed by atoms with Crippen LogP contribution >= 0.6 is 0 Å². The predicted octanol–water partition coefficient (Wildman–Crippen LogP) is 1.72. The van der Waals surface area contributed by atoms with Crippen LogP contribution in [0.1, 0.15) is 40.0 Å². The molecule has 1 fully saturated rings. The Hall–Kier alpha value is -0.570. The summed E-state index contributed by atoms with van der Waals surface area (Å²) in [7, 11) is 0. The number of carbonyl (C=O) groups is 1. The normalized spacial score (nSPS) is 24.7. The molecule has 1 N–H and O–H groups in total. The third kappa shape index (κ3) is 3.29. The molecular weight excluding hydrogens is 178 g/mol. The minimum Gasteiger partial charge on any atom is -0.461 e. The summed E-state index contributed by atoms with van der Waals surface area (Å²) >= 11 is 0. The van der Waals surface area contributed by atoms with Gasteiger partial charge in [0.25, 0.3) is 0 Å². The molecule has 3 nitrogen and oxygen atoms in total. The predicted molar refractivity (Wildman–Crippen MR) is 56.0 cm³/mol. The lowest BCUT2D eigenvalue weighted by molar-refractivity contribution is -0.153. The number of esters is 1. The van der Waals surface area contributed by atoms with Crippen molar-refractivity contribution in [3.63, 3.8) is 0 Å². The molecule has 1 aliphatic heterocycles. The molecule has 1 aliphatic rings. The van der Waals surface area contributed by atoms with Crippen molar-refractivity contribution < 1.29 is 9.53 Å². The summed E-state index contributed by atoms with van der Waals surface area (Å²) in [5.74, 6) is 0.313. The van der Waals surface area contributed by atoms with Crippen LogP contribution in [-0.2, 0) is 9.53 Å². The highest BCUT2D eigenvalue weighted by Crippen LogP contribution is 2.12. The third-order valence-corrected chi connectivity index (χ3v) is 2.84. The molecule has 0 aromatic heterocycles. The molecule has 2 unspecified atom stereocenters. The number of hydrogen-bond donors (Lipinski definition) is 1. The van der Waals surface area contributed by atoms with Crippen LogP contribution in [0, 0.1) is 5.92 Å². The van der Waals surface area contributed by atoms with E-state index in [0.717, 1.165) is 19.4 Å². The Morgan fingerprint density at radius 2 is 2.07 bits per heavy atom. The van der Waals surface area contributed by atoms with Crippen molar-refractivity contribution in [1.82, 2.24) is 5.32 Å². The number of nitrogens with one attached hydrogen (secondary N) is 1. The SMILES string of the molecule is CC(C)C(C)OC(=O)C1CCCCN1. The molecule has 1 heterocycles.